The van der Waals surface area contributed by atoms with Crippen LogP contribution in [0.5, 0.6) is 0 Å². The Morgan fingerprint density at radius 3 is 2.50 bits per heavy atom. The summed E-state index contributed by atoms with van der Waals surface area (Å²) in [5.41, 5.74) is -1.17. The molecule has 12 heavy (non-hydrogen) atoms. The molecule has 0 bridgehead atoms. The van der Waals surface area contributed by atoms with Crippen LogP contribution in [0.15, 0.2) is 0 Å². The van der Waals surface area contributed by atoms with Gasteiger partial charge in [0.15, 0.2) is 5.67 Å². The van der Waals surface area contributed by atoms with E-state index in [0.717, 1.165) is 13.1 Å². The highest BCUT2D eigenvalue weighted by Gasteiger charge is 2.30. The molecule has 0 radical (unpaired) electrons. The van der Waals surface area contributed by atoms with Gasteiger partial charge in [-0.2, -0.15) is 0 Å². The van der Waals surface area contributed by atoms with Crippen molar-refractivity contribution in [3.05, 3.63) is 0 Å². The van der Waals surface area contributed by atoms with Crippen LogP contribution in [0.25, 0.3) is 0 Å². The zero-order valence-electron chi connectivity index (χ0n) is 7.20. The third-order valence-corrected chi connectivity index (χ3v) is 2.47. The van der Waals surface area contributed by atoms with Gasteiger partial charge in [0, 0.05) is 18.8 Å². The quantitative estimate of drug-likeness (QED) is 0.539. The van der Waals surface area contributed by atoms with Crippen molar-refractivity contribution >= 4 is 0 Å². The van der Waals surface area contributed by atoms with Crippen LogP contribution in [0, 0.1) is 17.8 Å². The zero-order chi connectivity index (χ0) is 8.44. The van der Waals surface area contributed by atoms with Gasteiger partial charge in [0.1, 0.15) is 0 Å². The molecule has 1 saturated carbocycles. The van der Waals surface area contributed by atoms with Gasteiger partial charge in [0.05, 0.1) is 0 Å². The summed E-state index contributed by atoms with van der Waals surface area (Å²) in [6.07, 6.45) is 3.49. The summed E-state index contributed by atoms with van der Waals surface area (Å²) in [5, 5.41) is 3.14. The van der Waals surface area contributed by atoms with Crippen molar-refractivity contribution in [2.75, 3.05) is 13.1 Å². The van der Waals surface area contributed by atoms with E-state index in [-0.39, 0.29) is 0 Å². The van der Waals surface area contributed by atoms with Crippen LogP contribution in [-0.4, -0.2) is 18.8 Å². The van der Waals surface area contributed by atoms with Gasteiger partial charge in [-0.3, -0.25) is 0 Å². The van der Waals surface area contributed by atoms with Crippen LogP contribution >= 0.6 is 0 Å². The minimum Gasteiger partial charge on any atom is -0.316 e. The van der Waals surface area contributed by atoms with E-state index in [0.29, 0.717) is 18.8 Å². The standard InChI is InChI=1S/C10H14FN/c11-10(4-3-9-1-2-9)5-7-12-8-6-10/h9,12H,1-2,5-8H2. The van der Waals surface area contributed by atoms with E-state index in [9.17, 15) is 4.39 Å². The molecule has 1 saturated heterocycles. The molecule has 2 rings (SSSR count). The Balaban J connectivity index is 1.94. The molecule has 2 fully saturated rings. The second kappa shape index (κ2) is 3.06. The van der Waals surface area contributed by atoms with Gasteiger partial charge in [0.2, 0.25) is 0 Å². The number of halogens is 1. The molecule has 1 nitrogen and oxygen atoms in total. The fourth-order valence-electron chi connectivity index (χ4n) is 1.41. The first-order valence-electron chi connectivity index (χ1n) is 4.71. The Morgan fingerprint density at radius 2 is 1.92 bits per heavy atom. The van der Waals surface area contributed by atoms with E-state index in [1.54, 1.807) is 0 Å². The van der Waals surface area contributed by atoms with E-state index < -0.39 is 5.67 Å². The second-order valence-corrected chi connectivity index (χ2v) is 3.76. The maximum atomic E-state index is 13.7. The van der Waals surface area contributed by atoms with E-state index in [1.165, 1.54) is 12.8 Å². The Hall–Kier alpha value is -0.550. The van der Waals surface area contributed by atoms with Gasteiger partial charge in [-0.15, -0.1) is 0 Å². The third-order valence-electron chi connectivity index (χ3n) is 2.47. The zero-order valence-corrected chi connectivity index (χ0v) is 7.20. The van der Waals surface area contributed by atoms with Crippen molar-refractivity contribution in [2.24, 2.45) is 5.92 Å². The van der Waals surface area contributed by atoms with Crippen molar-refractivity contribution in [1.29, 1.82) is 0 Å². The lowest BCUT2D eigenvalue weighted by Gasteiger charge is -2.24. The first-order chi connectivity index (χ1) is 5.79. The van der Waals surface area contributed by atoms with E-state index in [1.807, 2.05) is 0 Å². The molecule has 0 spiro atoms. The van der Waals surface area contributed by atoms with Crippen LogP contribution in [0.2, 0.25) is 0 Å². The number of nitrogens with one attached hydrogen (secondary N) is 1. The number of alkyl halides is 1. The molecular formula is C10H14FN. The van der Waals surface area contributed by atoms with E-state index >= 15 is 0 Å². The van der Waals surface area contributed by atoms with Crippen LogP contribution in [0.1, 0.15) is 25.7 Å². The highest BCUT2D eigenvalue weighted by Crippen LogP contribution is 2.29. The first kappa shape index (κ1) is 8.07. The molecule has 0 aromatic carbocycles. The van der Waals surface area contributed by atoms with Gasteiger partial charge in [-0.25, -0.2) is 4.39 Å². The molecule has 1 aliphatic heterocycles. The van der Waals surface area contributed by atoms with Crippen LogP contribution < -0.4 is 5.32 Å². The van der Waals surface area contributed by atoms with E-state index in [4.69, 9.17) is 0 Å². The minimum atomic E-state index is -1.17. The SMILES string of the molecule is FC1(C#CC2CC2)CCNCC1. The minimum absolute atomic E-state index is 0.521. The molecule has 1 N–H and O–H groups in total. The van der Waals surface area contributed by atoms with Gasteiger partial charge in [-0.1, -0.05) is 11.8 Å². The largest absolute Gasteiger partial charge is 0.316 e. The Kier molecular flexibility index (Phi) is 2.06. The van der Waals surface area contributed by atoms with E-state index in [2.05, 4.69) is 17.2 Å². The molecule has 1 heterocycles. The van der Waals surface area contributed by atoms with Crippen molar-refractivity contribution < 1.29 is 4.39 Å². The van der Waals surface area contributed by atoms with Crippen molar-refractivity contribution in [2.45, 2.75) is 31.4 Å². The Bertz CT molecular complexity index is 216. The molecule has 2 aliphatic rings. The lowest BCUT2D eigenvalue weighted by Crippen LogP contribution is -2.37. The highest BCUT2D eigenvalue weighted by molar-refractivity contribution is 5.19. The number of rotatable bonds is 0. The van der Waals surface area contributed by atoms with Crippen LogP contribution in [-0.2, 0) is 0 Å². The summed E-state index contributed by atoms with van der Waals surface area (Å²) in [5.74, 6) is 6.34. The van der Waals surface area contributed by atoms with Crippen molar-refractivity contribution in [3.63, 3.8) is 0 Å². The lowest BCUT2D eigenvalue weighted by molar-refractivity contribution is 0.184. The number of hydrogen-bond acceptors (Lipinski definition) is 1. The highest BCUT2D eigenvalue weighted by atomic mass is 19.1. The summed E-state index contributed by atoms with van der Waals surface area (Å²) in [7, 11) is 0. The topological polar surface area (TPSA) is 12.0 Å². The fraction of sp³-hybridized carbons (Fsp3) is 0.800. The van der Waals surface area contributed by atoms with Gasteiger partial charge in [-0.05, 0) is 25.9 Å². The maximum Gasteiger partial charge on any atom is 0.173 e. The molecule has 0 aromatic rings. The molecule has 0 unspecified atom stereocenters. The smallest absolute Gasteiger partial charge is 0.173 e. The third kappa shape index (κ3) is 1.98. The van der Waals surface area contributed by atoms with Gasteiger partial charge < -0.3 is 5.32 Å². The summed E-state index contributed by atoms with van der Waals surface area (Å²) < 4.78 is 13.7. The normalized spacial score (nSPS) is 27.4. The Morgan fingerprint density at radius 1 is 1.25 bits per heavy atom. The molecule has 0 aromatic heterocycles. The number of hydrogen-bond donors (Lipinski definition) is 1. The van der Waals surface area contributed by atoms with Crippen LogP contribution in [0.4, 0.5) is 4.39 Å². The molecular weight excluding hydrogens is 153 g/mol. The summed E-state index contributed by atoms with van der Waals surface area (Å²) in [6.45, 7) is 1.55. The average molecular weight is 167 g/mol. The summed E-state index contributed by atoms with van der Waals surface area (Å²) in [4.78, 5) is 0. The second-order valence-electron chi connectivity index (χ2n) is 3.76. The average Bonchev–Trinajstić information content (AvgIpc) is 2.85. The number of piperidine rings is 1. The van der Waals surface area contributed by atoms with Gasteiger partial charge in [0.25, 0.3) is 0 Å². The predicted octanol–water partition coefficient (Wildman–Crippen LogP) is 1.49. The molecule has 0 atom stereocenters. The Labute approximate surface area is 72.7 Å². The fourth-order valence-corrected chi connectivity index (χ4v) is 1.41. The molecule has 0 amide bonds. The summed E-state index contributed by atoms with van der Waals surface area (Å²) in [6, 6.07) is 0. The monoisotopic (exact) mass is 167 g/mol. The molecule has 2 heteroatoms. The van der Waals surface area contributed by atoms with Crippen LogP contribution in [0.3, 0.4) is 0 Å². The first-order valence-corrected chi connectivity index (χ1v) is 4.71. The van der Waals surface area contributed by atoms with Crippen molar-refractivity contribution in [1.82, 2.24) is 5.32 Å². The van der Waals surface area contributed by atoms with Gasteiger partial charge >= 0.3 is 0 Å². The molecule has 1 aliphatic carbocycles. The predicted molar refractivity (Wildman–Crippen MR) is 46.4 cm³/mol. The lowest BCUT2D eigenvalue weighted by atomic mass is 9.95. The summed E-state index contributed by atoms with van der Waals surface area (Å²) >= 11 is 0. The van der Waals surface area contributed by atoms with Crippen molar-refractivity contribution in [3.8, 4) is 11.8 Å². The maximum absolute atomic E-state index is 13.7. The molecule has 66 valence electrons.